The molecule has 0 atom stereocenters. The molecule has 1 fully saturated rings. The number of benzene rings is 1. The van der Waals surface area contributed by atoms with E-state index < -0.39 is 0 Å². The van der Waals surface area contributed by atoms with Crippen molar-refractivity contribution in [2.45, 2.75) is 31.7 Å². The smallest absolute Gasteiger partial charge is 0.224 e. The zero-order valence-electron chi connectivity index (χ0n) is 10.1. The van der Waals surface area contributed by atoms with Crippen molar-refractivity contribution in [2.75, 3.05) is 6.54 Å². The summed E-state index contributed by atoms with van der Waals surface area (Å²) >= 11 is 5.89. The van der Waals surface area contributed by atoms with Crippen LogP contribution in [0.2, 0.25) is 5.02 Å². The van der Waals surface area contributed by atoms with Crippen LogP contribution in [-0.4, -0.2) is 23.4 Å². The fourth-order valence-corrected chi connectivity index (χ4v) is 2.18. The van der Waals surface area contributed by atoms with E-state index in [1.807, 2.05) is 24.3 Å². The second-order valence-corrected chi connectivity index (χ2v) is 4.98. The van der Waals surface area contributed by atoms with Gasteiger partial charge in [0.15, 0.2) is 0 Å². The van der Waals surface area contributed by atoms with Crippen LogP contribution in [0.25, 0.3) is 0 Å². The molecular weight excluding hydrogens is 248 g/mol. The highest BCUT2D eigenvalue weighted by molar-refractivity contribution is 6.30. The van der Waals surface area contributed by atoms with Crippen LogP contribution in [0.4, 0.5) is 0 Å². The molecule has 0 radical (unpaired) electrons. The molecule has 0 saturated heterocycles. The highest BCUT2D eigenvalue weighted by atomic mass is 35.5. The summed E-state index contributed by atoms with van der Waals surface area (Å²) in [5.74, 6) is 0.0685. The summed E-state index contributed by atoms with van der Waals surface area (Å²) in [7, 11) is 0. The van der Waals surface area contributed by atoms with Gasteiger partial charge in [-0.3, -0.25) is 4.79 Å². The van der Waals surface area contributed by atoms with Crippen LogP contribution in [0, 0.1) is 11.3 Å². The first-order valence-corrected chi connectivity index (χ1v) is 6.49. The van der Waals surface area contributed by atoms with E-state index in [4.69, 9.17) is 16.9 Å². The lowest BCUT2D eigenvalue weighted by molar-refractivity contribution is -0.131. The topological polar surface area (TPSA) is 44.1 Å². The van der Waals surface area contributed by atoms with Gasteiger partial charge in [-0.15, -0.1) is 0 Å². The Balaban J connectivity index is 1.89. The first kappa shape index (κ1) is 12.9. The summed E-state index contributed by atoms with van der Waals surface area (Å²) in [6, 6.07) is 9.91. The standard InChI is InChI=1S/C14H15ClN2O/c15-12-3-1-2-11(10-12)4-7-14(18)17(9-8-16)13-5-6-13/h1-3,10,13H,4-7,9H2. The monoisotopic (exact) mass is 262 g/mol. The predicted octanol–water partition coefficient (Wildman–Crippen LogP) is 2.79. The molecule has 0 heterocycles. The van der Waals surface area contributed by atoms with Crippen molar-refractivity contribution in [1.29, 1.82) is 5.26 Å². The van der Waals surface area contributed by atoms with Gasteiger partial charge in [-0.05, 0) is 37.0 Å². The minimum atomic E-state index is 0.0685. The van der Waals surface area contributed by atoms with Gasteiger partial charge in [-0.1, -0.05) is 23.7 Å². The number of hydrogen-bond donors (Lipinski definition) is 0. The molecule has 1 aromatic carbocycles. The van der Waals surface area contributed by atoms with Gasteiger partial charge >= 0.3 is 0 Å². The van der Waals surface area contributed by atoms with Gasteiger partial charge in [0, 0.05) is 17.5 Å². The molecule has 1 amide bonds. The second-order valence-electron chi connectivity index (χ2n) is 4.54. The molecular formula is C14H15ClN2O. The maximum absolute atomic E-state index is 12.0. The molecule has 94 valence electrons. The van der Waals surface area contributed by atoms with E-state index in [0.29, 0.717) is 23.9 Å². The van der Waals surface area contributed by atoms with Crippen LogP contribution in [0.1, 0.15) is 24.8 Å². The third-order valence-electron chi connectivity index (χ3n) is 3.07. The fourth-order valence-electron chi connectivity index (χ4n) is 1.97. The maximum Gasteiger partial charge on any atom is 0.224 e. The molecule has 0 bridgehead atoms. The molecule has 1 aromatic rings. The molecule has 4 heteroatoms. The Bertz CT molecular complexity index is 477. The Morgan fingerprint density at radius 2 is 2.28 bits per heavy atom. The molecule has 0 aromatic heterocycles. The normalized spacial score (nSPS) is 14.0. The summed E-state index contributed by atoms with van der Waals surface area (Å²) in [5, 5.41) is 9.41. The summed E-state index contributed by atoms with van der Waals surface area (Å²) in [6.07, 6.45) is 3.18. The van der Waals surface area contributed by atoms with Crippen LogP contribution in [0.15, 0.2) is 24.3 Å². The predicted molar refractivity (Wildman–Crippen MR) is 70.1 cm³/mol. The molecule has 1 aliphatic carbocycles. The van der Waals surface area contributed by atoms with Gasteiger partial charge in [-0.25, -0.2) is 0 Å². The van der Waals surface area contributed by atoms with Crippen molar-refractivity contribution >= 4 is 17.5 Å². The van der Waals surface area contributed by atoms with Crippen molar-refractivity contribution in [3.05, 3.63) is 34.9 Å². The van der Waals surface area contributed by atoms with Crippen molar-refractivity contribution in [1.82, 2.24) is 4.90 Å². The fraction of sp³-hybridized carbons (Fsp3) is 0.429. The Hall–Kier alpha value is -1.53. The van der Waals surface area contributed by atoms with Crippen LogP contribution in [0.3, 0.4) is 0 Å². The van der Waals surface area contributed by atoms with Crippen molar-refractivity contribution in [3.63, 3.8) is 0 Å². The summed E-state index contributed by atoms with van der Waals surface area (Å²) < 4.78 is 0. The van der Waals surface area contributed by atoms with Gasteiger partial charge in [-0.2, -0.15) is 5.26 Å². The largest absolute Gasteiger partial charge is 0.326 e. The Morgan fingerprint density at radius 3 is 2.89 bits per heavy atom. The van der Waals surface area contributed by atoms with Gasteiger partial charge in [0.2, 0.25) is 5.91 Å². The quantitative estimate of drug-likeness (QED) is 0.766. The lowest BCUT2D eigenvalue weighted by Gasteiger charge is -2.18. The van der Waals surface area contributed by atoms with Crippen LogP contribution < -0.4 is 0 Å². The van der Waals surface area contributed by atoms with E-state index >= 15 is 0 Å². The van der Waals surface area contributed by atoms with E-state index in [9.17, 15) is 4.79 Å². The van der Waals surface area contributed by atoms with E-state index in [1.165, 1.54) is 0 Å². The molecule has 3 nitrogen and oxygen atoms in total. The maximum atomic E-state index is 12.0. The van der Waals surface area contributed by atoms with Gasteiger partial charge in [0.1, 0.15) is 6.54 Å². The third-order valence-corrected chi connectivity index (χ3v) is 3.30. The average molecular weight is 263 g/mol. The molecule has 0 spiro atoms. The highest BCUT2D eigenvalue weighted by Crippen LogP contribution is 2.27. The lowest BCUT2D eigenvalue weighted by Crippen LogP contribution is -2.33. The SMILES string of the molecule is N#CCN(C(=O)CCc1cccc(Cl)c1)C1CC1. The first-order chi connectivity index (χ1) is 8.70. The van der Waals surface area contributed by atoms with Crippen LogP contribution in [-0.2, 0) is 11.2 Å². The Morgan fingerprint density at radius 1 is 1.50 bits per heavy atom. The zero-order valence-corrected chi connectivity index (χ0v) is 10.9. The average Bonchev–Trinajstić information content (AvgIpc) is 3.17. The van der Waals surface area contributed by atoms with E-state index in [-0.39, 0.29) is 12.5 Å². The number of halogens is 1. The van der Waals surface area contributed by atoms with Crippen molar-refractivity contribution in [2.24, 2.45) is 0 Å². The molecule has 18 heavy (non-hydrogen) atoms. The number of nitriles is 1. The molecule has 0 aliphatic heterocycles. The number of amides is 1. The number of carbonyl (C=O) groups excluding carboxylic acids is 1. The number of nitrogens with zero attached hydrogens (tertiary/aromatic N) is 2. The van der Waals surface area contributed by atoms with Gasteiger partial charge in [0.25, 0.3) is 0 Å². The summed E-state index contributed by atoms with van der Waals surface area (Å²) in [4.78, 5) is 13.7. The lowest BCUT2D eigenvalue weighted by atomic mass is 10.1. The van der Waals surface area contributed by atoms with Gasteiger partial charge in [0.05, 0.1) is 6.07 Å². The molecule has 2 rings (SSSR count). The van der Waals surface area contributed by atoms with Gasteiger partial charge < -0.3 is 4.90 Å². The number of aryl methyl sites for hydroxylation is 1. The van der Waals surface area contributed by atoms with E-state index in [0.717, 1.165) is 18.4 Å². The zero-order chi connectivity index (χ0) is 13.0. The molecule has 0 unspecified atom stereocenters. The van der Waals surface area contributed by atoms with E-state index in [1.54, 1.807) is 4.90 Å². The summed E-state index contributed by atoms with van der Waals surface area (Å²) in [5.41, 5.74) is 1.06. The number of hydrogen-bond acceptors (Lipinski definition) is 2. The summed E-state index contributed by atoms with van der Waals surface area (Å²) in [6.45, 7) is 0.207. The minimum absolute atomic E-state index is 0.0685. The Labute approximate surface area is 112 Å². The molecule has 0 N–H and O–H groups in total. The van der Waals surface area contributed by atoms with Crippen LogP contribution >= 0.6 is 11.6 Å². The number of rotatable bonds is 5. The van der Waals surface area contributed by atoms with Crippen LogP contribution in [0.5, 0.6) is 0 Å². The minimum Gasteiger partial charge on any atom is -0.326 e. The second kappa shape index (κ2) is 5.88. The van der Waals surface area contributed by atoms with E-state index in [2.05, 4.69) is 6.07 Å². The van der Waals surface area contributed by atoms with Crippen molar-refractivity contribution in [3.8, 4) is 6.07 Å². The molecule has 1 aliphatic rings. The third kappa shape index (κ3) is 3.48. The highest BCUT2D eigenvalue weighted by Gasteiger charge is 2.31. The van der Waals surface area contributed by atoms with Crippen molar-refractivity contribution < 1.29 is 4.79 Å². The number of carbonyl (C=O) groups is 1. The Kier molecular flexibility index (Phi) is 4.22. The molecule has 1 saturated carbocycles. The first-order valence-electron chi connectivity index (χ1n) is 6.11.